The number of hydrogen-bond donors (Lipinski definition) is 0. The van der Waals surface area contributed by atoms with E-state index in [1.165, 1.54) is 18.7 Å². The number of methoxy groups -OCH3 is 1. The van der Waals surface area contributed by atoms with Crippen LogP contribution in [0.25, 0.3) is 0 Å². The summed E-state index contributed by atoms with van der Waals surface area (Å²) < 4.78 is 57.3. The molecule has 2 fully saturated rings. The van der Waals surface area contributed by atoms with E-state index in [-0.39, 0.29) is 16.4 Å². The molecule has 0 saturated carbocycles. The molecule has 0 N–H and O–H groups in total. The molecular weight excluding hydrogens is 448 g/mol. The second kappa shape index (κ2) is 9.13. The van der Waals surface area contributed by atoms with E-state index in [2.05, 4.69) is 21.9 Å². The molecule has 174 valence electrons. The zero-order valence-corrected chi connectivity index (χ0v) is 20.1. The largest absolute Gasteiger partial charge is 0.496 e. The maximum absolute atomic E-state index is 13.5. The van der Waals surface area contributed by atoms with Gasteiger partial charge in [0.25, 0.3) is 0 Å². The number of sulfone groups is 2. The molecule has 0 bridgehead atoms. The maximum atomic E-state index is 13.5. The van der Waals surface area contributed by atoms with Gasteiger partial charge in [-0.15, -0.1) is 0 Å². The lowest BCUT2D eigenvalue weighted by molar-refractivity contribution is 0.101. The molecular formula is C23H30N2O5S2. The Morgan fingerprint density at radius 2 is 1.69 bits per heavy atom. The molecule has 0 aromatic heterocycles. The predicted octanol–water partition coefficient (Wildman–Crippen LogP) is 1.76. The minimum absolute atomic E-state index is 0.106. The molecule has 2 aromatic carbocycles. The van der Waals surface area contributed by atoms with Crippen molar-refractivity contribution in [3.63, 3.8) is 0 Å². The van der Waals surface area contributed by atoms with Gasteiger partial charge >= 0.3 is 0 Å². The van der Waals surface area contributed by atoms with Crippen molar-refractivity contribution in [2.24, 2.45) is 0 Å². The molecule has 2 heterocycles. The third-order valence-electron chi connectivity index (χ3n) is 6.49. The minimum Gasteiger partial charge on any atom is -0.496 e. The molecule has 0 radical (unpaired) electrons. The van der Waals surface area contributed by atoms with Crippen LogP contribution < -0.4 is 4.74 Å². The van der Waals surface area contributed by atoms with E-state index in [1.807, 2.05) is 18.2 Å². The van der Waals surface area contributed by atoms with Crippen LogP contribution in [0.15, 0.2) is 53.4 Å². The molecule has 0 spiro atoms. The lowest BCUT2D eigenvalue weighted by atomic mass is 10.1. The van der Waals surface area contributed by atoms with Crippen molar-refractivity contribution in [1.29, 1.82) is 0 Å². The van der Waals surface area contributed by atoms with Gasteiger partial charge in [-0.2, -0.15) is 0 Å². The van der Waals surface area contributed by atoms with E-state index < -0.39 is 31.0 Å². The molecule has 4 rings (SSSR count). The summed E-state index contributed by atoms with van der Waals surface area (Å²) in [4.78, 5) is 4.54. The van der Waals surface area contributed by atoms with Gasteiger partial charge in [0.05, 0.1) is 28.8 Å². The van der Waals surface area contributed by atoms with Gasteiger partial charge in [-0.3, -0.25) is 9.80 Å². The third kappa shape index (κ3) is 4.85. The van der Waals surface area contributed by atoms with E-state index >= 15 is 0 Å². The average molecular weight is 479 g/mol. The molecule has 32 heavy (non-hydrogen) atoms. The van der Waals surface area contributed by atoms with Crippen molar-refractivity contribution >= 4 is 19.7 Å². The third-order valence-corrected chi connectivity index (χ3v) is 10.6. The first-order valence-electron chi connectivity index (χ1n) is 10.8. The first-order chi connectivity index (χ1) is 15.2. The van der Waals surface area contributed by atoms with Crippen LogP contribution in [0.3, 0.4) is 0 Å². The van der Waals surface area contributed by atoms with E-state index in [0.29, 0.717) is 24.4 Å². The maximum Gasteiger partial charge on any atom is 0.183 e. The number of benzene rings is 2. The van der Waals surface area contributed by atoms with Gasteiger partial charge in [-0.1, -0.05) is 30.3 Å². The fourth-order valence-electron chi connectivity index (χ4n) is 4.73. The number of rotatable bonds is 6. The first kappa shape index (κ1) is 23.2. The van der Waals surface area contributed by atoms with Crippen LogP contribution in [0, 0.1) is 6.92 Å². The molecule has 7 nitrogen and oxygen atoms in total. The number of piperazine rings is 1. The van der Waals surface area contributed by atoms with Crippen molar-refractivity contribution in [1.82, 2.24) is 9.80 Å². The lowest BCUT2D eigenvalue weighted by Gasteiger charge is -2.39. The lowest BCUT2D eigenvalue weighted by Crippen LogP contribution is -2.54. The van der Waals surface area contributed by atoms with Gasteiger partial charge in [-0.05, 0) is 36.2 Å². The standard InChI is InChI=1S/C23H30N2O5S2/c1-18-14-20(8-9-22(18)30-2)32(28,29)23-17-31(26,27)16-21(23)25-12-10-24(11-13-25)15-19-6-4-3-5-7-19/h3-9,14,21,23H,10-13,15-17H2,1-2H3. The molecule has 2 unspecified atom stereocenters. The summed E-state index contributed by atoms with van der Waals surface area (Å²) in [5.41, 5.74) is 1.94. The zero-order chi connectivity index (χ0) is 22.9. The number of hydrogen-bond acceptors (Lipinski definition) is 7. The van der Waals surface area contributed by atoms with Gasteiger partial charge in [0, 0.05) is 38.8 Å². The van der Waals surface area contributed by atoms with Gasteiger partial charge in [0.1, 0.15) is 5.75 Å². The highest BCUT2D eigenvalue weighted by atomic mass is 32.2. The Morgan fingerprint density at radius 3 is 2.31 bits per heavy atom. The second-order valence-corrected chi connectivity index (χ2v) is 13.0. The molecule has 9 heteroatoms. The van der Waals surface area contributed by atoms with Crippen LogP contribution in [0.1, 0.15) is 11.1 Å². The number of aryl methyl sites for hydroxylation is 1. The second-order valence-electron chi connectivity index (χ2n) is 8.66. The van der Waals surface area contributed by atoms with Crippen molar-refractivity contribution in [3.05, 3.63) is 59.7 Å². The molecule has 0 amide bonds. The summed E-state index contributed by atoms with van der Waals surface area (Å²) >= 11 is 0. The Balaban J connectivity index is 1.51. The topological polar surface area (TPSA) is 84.0 Å². The highest BCUT2D eigenvalue weighted by Crippen LogP contribution is 2.31. The van der Waals surface area contributed by atoms with Gasteiger partial charge in [0.15, 0.2) is 19.7 Å². The van der Waals surface area contributed by atoms with Crippen LogP contribution in [0.2, 0.25) is 0 Å². The fraction of sp³-hybridized carbons (Fsp3) is 0.478. The average Bonchev–Trinajstić information content (AvgIpc) is 3.11. The Labute approximate surface area is 190 Å². The smallest absolute Gasteiger partial charge is 0.183 e. The Morgan fingerprint density at radius 1 is 1.00 bits per heavy atom. The van der Waals surface area contributed by atoms with Crippen LogP contribution in [0.4, 0.5) is 0 Å². The van der Waals surface area contributed by atoms with Crippen LogP contribution in [-0.4, -0.2) is 82.7 Å². The van der Waals surface area contributed by atoms with Crippen molar-refractivity contribution in [2.75, 3.05) is 44.8 Å². The summed E-state index contributed by atoms with van der Waals surface area (Å²) in [5, 5.41) is -0.957. The number of nitrogens with zero attached hydrogens (tertiary/aromatic N) is 2. The van der Waals surface area contributed by atoms with Crippen LogP contribution >= 0.6 is 0 Å². The molecule has 2 atom stereocenters. The minimum atomic E-state index is -3.81. The SMILES string of the molecule is COc1ccc(S(=O)(=O)C2CS(=O)(=O)CC2N2CCN(Cc3ccccc3)CC2)cc1C. The van der Waals surface area contributed by atoms with Crippen molar-refractivity contribution < 1.29 is 21.6 Å². The van der Waals surface area contributed by atoms with E-state index in [1.54, 1.807) is 19.1 Å². The first-order valence-corrected chi connectivity index (χ1v) is 14.2. The van der Waals surface area contributed by atoms with Crippen molar-refractivity contribution in [3.8, 4) is 5.75 Å². The Bertz CT molecular complexity index is 1160. The quantitative estimate of drug-likeness (QED) is 0.626. The van der Waals surface area contributed by atoms with Crippen LogP contribution in [0.5, 0.6) is 5.75 Å². The van der Waals surface area contributed by atoms with Crippen molar-refractivity contribution in [2.45, 2.75) is 29.7 Å². The zero-order valence-electron chi connectivity index (χ0n) is 18.5. The fourth-order valence-corrected chi connectivity index (χ4v) is 9.64. The Hall–Kier alpha value is -1.94. The molecule has 0 aliphatic carbocycles. The summed E-state index contributed by atoms with van der Waals surface area (Å²) in [7, 11) is -5.70. The van der Waals surface area contributed by atoms with Gasteiger partial charge in [-0.25, -0.2) is 16.8 Å². The van der Waals surface area contributed by atoms with Gasteiger partial charge < -0.3 is 4.74 Å². The van der Waals surface area contributed by atoms with E-state index in [4.69, 9.17) is 4.74 Å². The normalized spacial score (nSPS) is 24.4. The van der Waals surface area contributed by atoms with Gasteiger partial charge in [0.2, 0.25) is 0 Å². The predicted molar refractivity (Wildman–Crippen MR) is 124 cm³/mol. The molecule has 2 aliphatic rings. The molecule has 2 aromatic rings. The summed E-state index contributed by atoms with van der Waals surface area (Å²) in [6.45, 7) is 5.48. The number of ether oxygens (including phenoxy) is 1. The highest BCUT2D eigenvalue weighted by molar-refractivity contribution is 7.96. The Kier molecular flexibility index (Phi) is 6.63. The van der Waals surface area contributed by atoms with E-state index in [0.717, 1.165) is 19.6 Å². The van der Waals surface area contributed by atoms with Crippen LogP contribution in [-0.2, 0) is 26.2 Å². The summed E-state index contributed by atoms with van der Waals surface area (Å²) in [5.74, 6) is 0.175. The highest BCUT2D eigenvalue weighted by Gasteiger charge is 2.48. The monoisotopic (exact) mass is 478 g/mol. The molecule has 2 saturated heterocycles. The van der Waals surface area contributed by atoms with E-state index in [9.17, 15) is 16.8 Å². The molecule has 2 aliphatic heterocycles. The summed E-state index contributed by atoms with van der Waals surface area (Å²) in [6.07, 6.45) is 0. The summed E-state index contributed by atoms with van der Waals surface area (Å²) in [6, 6.07) is 14.4.